The number of nitrogens with one attached hydrogen (secondary N) is 1. The van der Waals surface area contributed by atoms with Gasteiger partial charge in [-0.25, -0.2) is 10.4 Å². The lowest BCUT2D eigenvalue weighted by molar-refractivity contribution is -0.118. The summed E-state index contributed by atoms with van der Waals surface area (Å²) in [5, 5.41) is 14.6. The topological polar surface area (TPSA) is 88.7 Å². The minimum absolute atomic E-state index is 0.0129. The Balaban J connectivity index is 1.61. The number of aromatic nitrogens is 2. The molecule has 0 aliphatic carbocycles. The summed E-state index contributed by atoms with van der Waals surface area (Å²) in [6.07, 6.45) is 1.48. The van der Waals surface area contributed by atoms with Gasteiger partial charge in [-0.3, -0.25) is 4.79 Å². The molecule has 2 aromatic carbocycles. The Morgan fingerprint density at radius 1 is 1.43 bits per heavy atom. The van der Waals surface area contributed by atoms with Gasteiger partial charge in [0.2, 0.25) is 0 Å². The third-order valence-electron chi connectivity index (χ3n) is 3.94. The van der Waals surface area contributed by atoms with Gasteiger partial charge in [-0.1, -0.05) is 23.9 Å². The molecule has 0 aliphatic rings. The van der Waals surface area contributed by atoms with Crippen molar-refractivity contribution in [2.75, 3.05) is 12.9 Å². The number of aromatic hydroxyl groups is 1. The molecule has 146 valence electrons. The summed E-state index contributed by atoms with van der Waals surface area (Å²) in [6.45, 7) is 2.83. The largest absolute Gasteiger partial charge is 0.503 e. The summed E-state index contributed by atoms with van der Waals surface area (Å²) in [5.41, 5.74) is 5.13. The van der Waals surface area contributed by atoms with Crippen LogP contribution >= 0.6 is 27.7 Å². The number of phenols is 1. The SMILES string of the molecule is CCn1c(SCC(=O)N/N=C/c2cc(Br)c(O)c(OC)c2)nc2ccccc21. The molecule has 0 aliphatic heterocycles. The minimum atomic E-state index is -0.235. The van der Waals surface area contributed by atoms with Crippen LogP contribution in [0, 0.1) is 0 Å². The summed E-state index contributed by atoms with van der Waals surface area (Å²) in [7, 11) is 1.46. The maximum Gasteiger partial charge on any atom is 0.250 e. The number of benzene rings is 2. The highest BCUT2D eigenvalue weighted by atomic mass is 79.9. The molecule has 0 bridgehead atoms. The number of methoxy groups -OCH3 is 1. The molecule has 9 heteroatoms. The quantitative estimate of drug-likeness (QED) is 0.316. The fraction of sp³-hybridized carbons (Fsp3) is 0.211. The molecule has 1 aromatic heterocycles. The van der Waals surface area contributed by atoms with E-state index in [1.807, 2.05) is 31.2 Å². The molecule has 3 rings (SSSR count). The van der Waals surface area contributed by atoms with E-state index in [0.717, 1.165) is 22.7 Å². The first kappa shape index (κ1) is 20.2. The predicted octanol–water partition coefficient (Wildman–Crippen LogP) is 3.78. The monoisotopic (exact) mass is 462 g/mol. The number of rotatable bonds is 7. The Hall–Kier alpha value is -2.52. The number of aryl methyl sites for hydroxylation is 1. The van der Waals surface area contributed by atoms with E-state index in [4.69, 9.17) is 4.74 Å². The molecule has 28 heavy (non-hydrogen) atoms. The molecule has 2 N–H and O–H groups in total. The summed E-state index contributed by atoms with van der Waals surface area (Å²) in [5.74, 6) is 0.291. The van der Waals surface area contributed by atoms with Crippen LogP contribution in [0.2, 0.25) is 0 Å². The van der Waals surface area contributed by atoms with Crippen molar-refractivity contribution in [3.63, 3.8) is 0 Å². The molecule has 0 fully saturated rings. The fourth-order valence-electron chi connectivity index (χ4n) is 2.63. The van der Waals surface area contributed by atoms with Crippen LogP contribution in [0.5, 0.6) is 11.5 Å². The van der Waals surface area contributed by atoms with E-state index in [1.165, 1.54) is 25.1 Å². The van der Waals surface area contributed by atoms with Crippen molar-refractivity contribution >= 4 is 50.8 Å². The van der Waals surface area contributed by atoms with Crippen molar-refractivity contribution in [2.45, 2.75) is 18.6 Å². The first-order valence-corrected chi connectivity index (χ1v) is 10.3. The number of thioether (sulfide) groups is 1. The molecule has 1 amide bonds. The van der Waals surface area contributed by atoms with Gasteiger partial charge in [-0.2, -0.15) is 5.10 Å². The number of carbonyl (C=O) groups excluding carboxylic acids is 1. The number of hydrogen-bond acceptors (Lipinski definition) is 6. The molecule has 0 unspecified atom stereocenters. The van der Waals surface area contributed by atoms with Crippen molar-refractivity contribution < 1.29 is 14.6 Å². The Kier molecular flexibility index (Phi) is 6.58. The number of hydrogen-bond donors (Lipinski definition) is 2. The first-order valence-electron chi connectivity index (χ1n) is 8.50. The van der Waals surface area contributed by atoms with Crippen LogP contribution in [0.1, 0.15) is 12.5 Å². The van der Waals surface area contributed by atoms with Gasteiger partial charge in [0.05, 0.1) is 34.6 Å². The number of imidazole rings is 1. The summed E-state index contributed by atoms with van der Waals surface area (Å²) in [6, 6.07) is 11.2. The van der Waals surface area contributed by atoms with E-state index in [1.54, 1.807) is 12.1 Å². The van der Waals surface area contributed by atoms with E-state index in [2.05, 4.69) is 36.0 Å². The van der Waals surface area contributed by atoms with Crippen LogP contribution in [0.15, 0.2) is 51.1 Å². The van der Waals surface area contributed by atoms with Gasteiger partial charge >= 0.3 is 0 Å². The second kappa shape index (κ2) is 9.11. The number of fused-ring (bicyclic) bond motifs is 1. The molecule has 3 aromatic rings. The Morgan fingerprint density at radius 3 is 2.96 bits per heavy atom. The van der Waals surface area contributed by atoms with E-state index in [0.29, 0.717) is 15.8 Å². The zero-order valence-electron chi connectivity index (χ0n) is 15.3. The lowest BCUT2D eigenvalue weighted by Crippen LogP contribution is -2.20. The molecular weight excluding hydrogens is 444 g/mol. The Labute approximate surface area is 174 Å². The molecular formula is C19H19BrN4O3S. The number of nitrogens with zero attached hydrogens (tertiary/aromatic N) is 3. The number of halogens is 1. The van der Waals surface area contributed by atoms with E-state index in [-0.39, 0.29) is 17.4 Å². The highest BCUT2D eigenvalue weighted by molar-refractivity contribution is 9.10. The summed E-state index contributed by atoms with van der Waals surface area (Å²) < 4.78 is 7.65. The average Bonchev–Trinajstić information content (AvgIpc) is 3.06. The van der Waals surface area contributed by atoms with Crippen molar-refractivity contribution in [1.82, 2.24) is 15.0 Å². The Morgan fingerprint density at radius 2 is 2.21 bits per heavy atom. The molecule has 7 nitrogen and oxygen atoms in total. The van der Waals surface area contributed by atoms with Gasteiger partial charge in [-0.05, 0) is 52.7 Å². The predicted molar refractivity (Wildman–Crippen MR) is 114 cm³/mol. The van der Waals surface area contributed by atoms with Crippen molar-refractivity contribution in [3.05, 3.63) is 46.4 Å². The first-order chi connectivity index (χ1) is 13.5. The standard InChI is InChI=1S/C19H19BrN4O3S/c1-3-24-15-7-5-4-6-14(15)22-19(24)28-11-17(25)23-21-10-12-8-13(20)18(26)16(9-12)27-2/h4-10,26H,3,11H2,1-2H3,(H,23,25)/b21-10+. The van der Waals surface area contributed by atoms with Gasteiger partial charge < -0.3 is 14.4 Å². The second-order valence-electron chi connectivity index (χ2n) is 5.76. The third-order valence-corrected chi connectivity index (χ3v) is 5.52. The van der Waals surface area contributed by atoms with Gasteiger partial charge in [0, 0.05) is 6.54 Å². The van der Waals surface area contributed by atoms with Crippen molar-refractivity contribution in [2.24, 2.45) is 5.10 Å². The molecule has 0 saturated carbocycles. The molecule has 1 heterocycles. The van der Waals surface area contributed by atoms with Crippen molar-refractivity contribution in [3.8, 4) is 11.5 Å². The number of para-hydroxylation sites is 2. The van der Waals surface area contributed by atoms with Crippen LogP contribution in [0.3, 0.4) is 0 Å². The maximum atomic E-state index is 12.1. The van der Waals surface area contributed by atoms with Gasteiger partial charge in [0.15, 0.2) is 16.7 Å². The van der Waals surface area contributed by atoms with E-state index in [9.17, 15) is 9.90 Å². The zero-order chi connectivity index (χ0) is 20.1. The molecule has 0 atom stereocenters. The van der Waals surface area contributed by atoms with E-state index < -0.39 is 0 Å². The van der Waals surface area contributed by atoms with Crippen LogP contribution < -0.4 is 10.2 Å². The third kappa shape index (κ3) is 4.48. The highest BCUT2D eigenvalue weighted by Gasteiger charge is 2.11. The van der Waals surface area contributed by atoms with Crippen LogP contribution in [0.25, 0.3) is 11.0 Å². The highest BCUT2D eigenvalue weighted by Crippen LogP contribution is 2.34. The fourth-order valence-corrected chi connectivity index (χ4v) is 3.96. The smallest absolute Gasteiger partial charge is 0.250 e. The van der Waals surface area contributed by atoms with Crippen LogP contribution in [-0.4, -0.2) is 39.6 Å². The Bertz CT molecular complexity index is 1040. The van der Waals surface area contributed by atoms with E-state index >= 15 is 0 Å². The molecule has 0 spiro atoms. The lowest BCUT2D eigenvalue weighted by atomic mass is 10.2. The van der Waals surface area contributed by atoms with Gasteiger partial charge in [0.1, 0.15) is 0 Å². The van der Waals surface area contributed by atoms with Gasteiger partial charge in [-0.15, -0.1) is 0 Å². The number of ether oxygens (including phenoxy) is 1. The number of hydrazone groups is 1. The lowest BCUT2D eigenvalue weighted by Gasteiger charge is -2.06. The number of phenolic OH excluding ortho intramolecular Hbond substituents is 1. The zero-order valence-corrected chi connectivity index (χ0v) is 17.7. The normalized spacial score (nSPS) is 11.2. The number of carbonyl (C=O) groups is 1. The van der Waals surface area contributed by atoms with Gasteiger partial charge in [0.25, 0.3) is 5.91 Å². The molecule has 0 radical (unpaired) electrons. The van der Waals surface area contributed by atoms with Crippen molar-refractivity contribution in [1.29, 1.82) is 0 Å². The van der Waals surface area contributed by atoms with Crippen LogP contribution in [-0.2, 0) is 11.3 Å². The average molecular weight is 463 g/mol. The summed E-state index contributed by atoms with van der Waals surface area (Å²) in [4.78, 5) is 16.7. The molecule has 0 saturated heterocycles. The second-order valence-corrected chi connectivity index (χ2v) is 7.56. The minimum Gasteiger partial charge on any atom is -0.503 e. The maximum absolute atomic E-state index is 12.1. The van der Waals surface area contributed by atoms with Crippen LogP contribution in [0.4, 0.5) is 0 Å². The number of amides is 1. The summed E-state index contributed by atoms with van der Waals surface area (Å²) >= 11 is 4.61.